The van der Waals surface area contributed by atoms with E-state index in [0.29, 0.717) is 0 Å². The largest absolute Gasteiger partial charge is 0.497 e. The predicted octanol–water partition coefficient (Wildman–Crippen LogP) is 1.77. The molecule has 1 unspecified atom stereocenters. The molecule has 1 aromatic rings. The summed E-state index contributed by atoms with van der Waals surface area (Å²) in [5.41, 5.74) is 0.314. The molecule has 82 valence electrons. The Kier molecular flexibility index (Phi) is 2.35. The highest BCUT2D eigenvalue weighted by Crippen LogP contribution is 2.35. The van der Waals surface area contributed by atoms with Gasteiger partial charge in [0.1, 0.15) is 17.6 Å². The van der Waals surface area contributed by atoms with Crippen molar-refractivity contribution in [3.63, 3.8) is 0 Å². The van der Waals surface area contributed by atoms with Crippen molar-refractivity contribution in [2.24, 2.45) is 0 Å². The number of fused-ring (bicyclic) bond motifs is 1. The first-order valence-corrected chi connectivity index (χ1v) is 5.06. The van der Waals surface area contributed by atoms with Crippen LogP contribution in [-0.4, -0.2) is 23.9 Å². The topological polar surface area (TPSA) is 38.7 Å². The quantitative estimate of drug-likeness (QED) is 0.805. The minimum Gasteiger partial charge on any atom is -0.497 e. The molecule has 1 aliphatic rings. The molecule has 0 spiro atoms. The molecular formula is C12H16O3. The fourth-order valence-electron chi connectivity index (χ4n) is 1.73. The molecule has 0 aromatic heterocycles. The number of methoxy groups -OCH3 is 1. The molecule has 0 radical (unpaired) electrons. The Morgan fingerprint density at radius 2 is 2.20 bits per heavy atom. The Bertz CT molecular complexity index is 366. The summed E-state index contributed by atoms with van der Waals surface area (Å²) in [7, 11) is 1.63. The number of aliphatic hydroxyl groups is 1. The average Bonchev–Trinajstić information content (AvgIpc) is 2.59. The molecule has 1 N–H and O–H groups in total. The van der Waals surface area contributed by atoms with Crippen molar-refractivity contribution in [3.8, 4) is 11.5 Å². The lowest BCUT2D eigenvalue weighted by Crippen LogP contribution is -2.39. The van der Waals surface area contributed by atoms with E-state index in [0.717, 1.165) is 23.5 Å². The third kappa shape index (κ3) is 1.92. The molecule has 0 bridgehead atoms. The van der Waals surface area contributed by atoms with Crippen molar-refractivity contribution in [3.05, 3.63) is 23.8 Å². The van der Waals surface area contributed by atoms with E-state index in [4.69, 9.17) is 9.47 Å². The Morgan fingerprint density at radius 1 is 1.47 bits per heavy atom. The molecule has 1 atom stereocenters. The maximum Gasteiger partial charge on any atom is 0.131 e. The first kappa shape index (κ1) is 10.3. The van der Waals surface area contributed by atoms with E-state index < -0.39 is 5.60 Å². The smallest absolute Gasteiger partial charge is 0.131 e. The van der Waals surface area contributed by atoms with Crippen LogP contribution in [0.15, 0.2) is 18.2 Å². The van der Waals surface area contributed by atoms with Crippen molar-refractivity contribution in [1.82, 2.24) is 0 Å². The van der Waals surface area contributed by atoms with E-state index in [2.05, 4.69) is 0 Å². The van der Waals surface area contributed by atoms with Crippen LogP contribution in [0.25, 0.3) is 0 Å². The highest BCUT2D eigenvalue weighted by atomic mass is 16.5. The second kappa shape index (κ2) is 3.42. The number of ether oxygens (including phenoxy) is 2. The molecular weight excluding hydrogens is 192 g/mol. The predicted molar refractivity (Wildman–Crippen MR) is 57.4 cm³/mol. The fraction of sp³-hybridized carbons (Fsp3) is 0.500. The zero-order valence-electron chi connectivity index (χ0n) is 9.28. The summed E-state index contributed by atoms with van der Waals surface area (Å²) in [6, 6.07) is 5.76. The number of rotatable bonds is 2. The summed E-state index contributed by atoms with van der Waals surface area (Å²) in [5, 5.41) is 9.86. The van der Waals surface area contributed by atoms with Gasteiger partial charge in [0.15, 0.2) is 0 Å². The van der Waals surface area contributed by atoms with Gasteiger partial charge in [0.25, 0.3) is 0 Å². The minimum atomic E-state index is -0.813. The van der Waals surface area contributed by atoms with E-state index >= 15 is 0 Å². The van der Waals surface area contributed by atoms with Gasteiger partial charge in [-0.15, -0.1) is 0 Å². The van der Waals surface area contributed by atoms with Gasteiger partial charge >= 0.3 is 0 Å². The van der Waals surface area contributed by atoms with E-state index in [-0.39, 0.29) is 6.10 Å². The lowest BCUT2D eigenvalue weighted by molar-refractivity contribution is -0.0230. The molecule has 0 amide bonds. The van der Waals surface area contributed by atoms with Crippen LogP contribution in [0, 0.1) is 0 Å². The maximum atomic E-state index is 9.86. The van der Waals surface area contributed by atoms with Gasteiger partial charge in [-0.2, -0.15) is 0 Å². The Hall–Kier alpha value is -1.22. The van der Waals surface area contributed by atoms with Crippen LogP contribution >= 0.6 is 0 Å². The highest BCUT2D eigenvalue weighted by Gasteiger charge is 2.34. The van der Waals surface area contributed by atoms with Gasteiger partial charge in [0, 0.05) is 12.5 Å². The minimum absolute atomic E-state index is 0.167. The van der Waals surface area contributed by atoms with Crippen molar-refractivity contribution in [1.29, 1.82) is 0 Å². The molecule has 3 heteroatoms. The van der Waals surface area contributed by atoms with Gasteiger partial charge in [-0.3, -0.25) is 0 Å². The third-order valence-corrected chi connectivity index (χ3v) is 2.74. The van der Waals surface area contributed by atoms with Crippen LogP contribution < -0.4 is 9.47 Å². The van der Waals surface area contributed by atoms with E-state index in [1.807, 2.05) is 18.2 Å². The van der Waals surface area contributed by atoms with Crippen LogP contribution in [-0.2, 0) is 6.42 Å². The Morgan fingerprint density at radius 3 is 2.80 bits per heavy atom. The molecule has 15 heavy (non-hydrogen) atoms. The molecule has 0 fully saturated rings. The first-order chi connectivity index (χ1) is 7.00. The normalized spacial score (nSPS) is 19.6. The lowest BCUT2D eigenvalue weighted by atomic mass is 9.97. The SMILES string of the molecule is COc1ccc2c(c1)OC(C(C)(C)O)C2. The van der Waals surface area contributed by atoms with Crippen molar-refractivity contribution in [2.75, 3.05) is 7.11 Å². The van der Waals surface area contributed by atoms with Gasteiger partial charge in [0.2, 0.25) is 0 Å². The van der Waals surface area contributed by atoms with Crippen LogP contribution in [0.2, 0.25) is 0 Å². The monoisotopic (exact) mass is 208 g/mol. The number of benzene rings is 1. The first-order valence-electron chi connectivity index (χ1n) is 5.06. The molecule has 0 aliphatic carbocycles. The molecule has 0 saturated heterocycles. The Balaban J connectivity index is 2.24. The third-order valence-electron chi connectivity index (χ3n) is 2.74. The number of hydrogen-bond acceptors (Lipinski definition) is 3. The highest BCUT2D eigenvalue weighted by molar-refractivity contribution is 5.44. The van der Waals surface area contributed by atoms with Crippen LogP contribution in [0.1, 0.15) is 19.4 Å². The number of hydrogen-bond donors (Lipinski definition) is 1. The zero-order chi connectivity index (χ0) is 11.1. The molecule has 1 aliphatic heterocycles. The average molecular weight is 208 g/mol. The molecule has 1 aromatic carbocycles. The van der Waals surface area contributed by atoms with Crippen LogP contribution in [0.3, 0.4) is 0 Å². The summed E-state index contributed by atoms with van der Waals surface area (Å²) < 4.78 is 10.8. The summed E-state index contributed by atoms with van der Waals surface area (Å²) in [6.45, 7) is 3.53. The summed E-state index contributed by atoms with van der Waals surface area (Å²) in [4.78, 5) is 0. The summed E-state index contributed by atoms with van der Waals surface area (Å²) in [6.07, 6.45) is 0.586. The van der Waals surface area contributed by atoms with Gasteiger partial charge in [-0.25, -0.2) is 0 Å². The van der Waals surface area contributed by atoms with Crippen molar-refractivity contribution < 1.29 is 14.6 Å². The molecule has 1 heterocycles. The van der Waals surface area contributed by atoms with Crippen LogP contribution in [0.4, 0.5) is 0 Å². The van der Waals surface area contributed by atoms with E-state index in [9.17, 15) is 5.11 Å². The molecule has 3 nitrogen and oxygen atoms in total. The lowest BCUT2D eigenvalue weighted by Gasteiger charge is -2.24. The standard InChI is InChI=1S/C12H16O3/c1-12(2,13)11-6-8-4-5-9(14-3)7-10(8)15-11/h4-5,7,11,13H,6H2,1-3H3. The summed E-state index contributed by atoms with van der Waals surface area (Å²) >= 11 is 0. The second-order valence-corrected chi connectivity index (χ2v) is 4.44. The summed E-state index contributed by atoms with van der Waals surface area (Å²) in [5.74, 6) is 1.60. The van der Waals surface area contributed by atoms with E-state index in [1.165, 1.54) is 0 Å². The second-order valence-electron chi connectivity index (χ2n) is 4.44. The maximum absolute atomic E-state index is 9.86. The van der Waals surface area contributed by atoms with Gasteiger partial charge in [0.05, 0.1) is 12.7 Å². The zero-order valence-corrected chi connectivity index (χ0v) is 9.28. The van der Waals surface area contributed by atoms with Gasteiger partial charge in [-0.1, -0.05) is 6.07 Å². The fourth-order valence-corrected chi connectivity index (χ4v) is 1.73. The Labute approximate surface area is 89.6 Å². The molecule has 2 rings (SSSR count). The van der Waals surface area contributed by atoms with Crippen molar-refractivity contribution in [2.45, 2.75) is 32.0 Å². The molecule has 0 saturated carbocycles. The van der Waals surface area contributed by atoms with Crippen LogP contribution in [0.5, 0.6) is 11.5 Å². The van der Waals surface area contributed by atoms with Gasteiger partial charge < -0.3 is 14.6 Å². The van der Waals surface area contributed by atoms with Gasteiger partial charge in [-0.05, 0) is 25.5 Å². The van der Waals surface area contributed by atoms with E-state index in [1.54, 1.807) is 21.0 Å². The van der Waals surface area contributed by atoms with Crippen molar-refractivity contribution >= 4 is 0 Å².